The maximum atomic E-state index is 12.1. The first-order valence-electron chi connectivity index (χ1n) is 8.25. The van der Waals surface area contributed by atoms with Gasteiger partial charge in [0, 0.05) is 13.1 Å². The van der Waals surface area contributed by atoms with E-state index in [2.05, 4.69) is 35.9 Å². The molecule has 0 unspecified atom stereocenters. The topological polar surface area (TPSA) is 111 Å². The average Bonchev–Trinajstić information content (AvgIpc) is 3.26. The van der Waals surface area contributed by atoms with Crippen LogP contribution in [0.5, 0.6) is 0 Å². The van der Waals surface area contributed by atoms with Crippen LogP contribution >= 0.6 is 0 Å². The molecule has 0 saturated heterocycles. The Morgan fingerprint density at radius 2 is 2.04 bits per heavy atom. The lowest BCUT2D eigenvalue weighted by atomic mass is 10.2. The molecule has 0 radical (unpaired) electrons. The van der Waals surface area contributed by atoms with Crippen molar-refractivity contribution < 1.29 is 4.79 Å². The fourth-order valence-corrected chi connectivity index (χ4v) is 2.96. The summed E-state index contributed by atoms with van der Waals surface area (Å²) in [4.78, 5) is 25.3. The standard InChI is InChI=1S/C16H18N8O/c1-24-9-13(22-23-24)12-8-17-11-6-7-14(20-15(11)19-12)21-16(25)18-10-4-2-3-5-10/h6-10H,2-5H2,1H3,(H2,18,19,20,21,25). The van der Waals surface area contributed by atoms with Crippen molar-refractivity contribution in [3.63, 3.8) is 0 Å². The molecule has 0 aliphatic heterocycles. The van der Waals surface area contributed by atoms with Gasteiger partial charge in [0.15, 0.2) is 5.65 Å². The predicted octanol–water partition coefficient (Wildman–Crippen LogP) is 1.88. The highest BCUT2D eigenvalue weighted by Gasteiger charge is 2.17. The third-order valence-electron chi connectivity index (χ3n) is 4.20. The van der Waals surface area contributed by atoms with Crippen LogP contribution in [-0.4, -0.2) is 42.0 Å². The number of nitrogens with one attached hydrogen (secondary N) is 2. The quantitative estimate of drug-likeness (QED) is 0.754. The fraction of sp³-hybridized carbons (Fsp3) is 0.375. The van der Waals surface area contributed by atoms with E-state index in [4.69, 9.17) is 0 Å². The summed E-state index contributed by atoms with van der Waals surface area (Å²) in [6.45, 7) is 0. The SMILES string of the molecule is Cn1cc(-c2cnc3ccc(NC(=O)NC4CCCC4)nc3n2)nn1. The number of carbonyl (C=O) groups is 1. The second-order valence-corrected chi connectivity index (χ2v) is 6.15. The van der Waals surface area contributed by atoms with Gasteiger partial charge in [0.2, 0.25) is 0 Å². The minimum Gasteiger partial charge on any atom is -0.335 e. The zero-order chi connectivity index (χ0) is 17.2. The lowest BCUT2D eigenvalue weighted by Gasteiger charge is -2.12. The molecule has 9 heteroatoms. The molecular formula is C16H18N8O. The van der Waals surface area contributed by atoms with Crippen molar-refractivity contribution >= 4 is 23.0 Å². The summed E-state index contributed by atoms with van der Waals surface area (Å²) >= 11 is 0. The van der Waals surface area contributed by atoms with Gasteiger partial charge in [0.05, 0.1) is 12.4 Å². The third kappa shape index (κ3) is 3.39. The van der Waals surface area contributed by atoms with E-state index in [1.165, 1.54) is 12.8 Å². The number of anilines is 1. The summed E-state index contributed by atoms with van der Waals surface area (Å²) in [6.07, 6.45) is 7.79. The number of hydrogen-bond acceptors (Lipinski definition) is 6. The molecule has 0 atom stereocenters. The molecule has 2 amide bonds. The van der Waals surface area contributed by atoms with Gasteiger partial charge in [-0.25, -0.2) is 14.8 Å². The largest absolute Gasteiger partial charge is 0.335 e. The third-order valence-corrected chi connectivity index (χ3v) is 4.20. The molecule has 4 rings (SSSR count). The highest BCUT2D eigenvalue weighted by molar-refractivity contribution is 5.89. The van der Waals surface area contributed by atoms with Crippen LogP contribution in [0.3, 0.4) is 0 Å². The number of pyridine rings is 1. The zero-order valence-electron chi connectivity index (χ0n) is 13.8. The van der Waals surface area contributed by atoms with Gasteiger partial charge in [0.1, 0.15) is 22.7 Å². The van der Waals surface area contributed by atoms with Gasteiger partial charge in [-0.15, -0.1) is 5.10 Å². The predicted molar refractivity (Wildman–Crippen MR) is 91.7 cm³/mol. The van der Waals surface area contributed by atoms with Gasteiger partial charge in [-0.2, -0.15) is 0 Å². The van der Waals surface area contributed by atoms with Crippen LogP contribution in [0.15, 0.2) is 24.5 Å². The minimum atomic E-state index is -0.239. The molecular weight excluding hydrogens is 320 g/mol. The first kappa shape index (κ1) is 15.4. The number of aromatic nitrogens is 6. The molecule has 3 heterocycles. The fourth-order valence-electron chi connectivity index (χ4n) is 2.96. The minimum absolute atomic E-state index is 0.239. The number of hydrogen-bond donors (Lipinski definition) is 2. The maximum Gasteiger partial charge on any atom is 0.320 e. The lowest BCUT2D eigenvalue weighted by molar-refractivity contribution is 0.248. The van der Waals surface area contributed by atoms with E-state index in [1.807, 2.05) is 0 Å². The van der Waals surface area contributed by atoms with Crippen molar-refractivity contribution in [1.82, 2.24) is 35.3 Å². The summed E-state index contributed by atoms with van der Waals surface area (Å²) < 4.78 is 1.60. The van der Waals surface area contributed by atoms with Crippen LogP contribution < -0.4 is 10.6 Å². The Morgan fingerprint density at radius 1 is 1.20 bits per heavy atom. The maximum absolute atomic E-state index is 12.1. The van der Waals surface area contributed by atoms with E-state index in [0.29, 0.717) is 28.4 Å². The van der Waals surface area contributed by atoms with E-state index in [0.717, 1.165) is 12.8 Å². The van der Waals surface area contributed by atoms with Gasteiger partial charge in [0.25, 0.3) is 0 Å². The van der Waals surface area contributed by atoms with Gasteiger partial charge in [-0.3, -0.25) is 15.0 Å². The van der Waals surface area contributed by atoms with Gasteiger partial charge in [-0.05, 0) is 25.0 Å². The first-order valence-corrected chi connectivity index (χ1v) is 8.25. The van der Waals surface area contributed by atoms with E-state index in [9.17, 15) is 4.79 Å². The van der Waals surface area contributed by atoms with Crippen LogP contribution in [0.1, 0.15) is 25.7 Å². The molecule has 3 aromatic heterocycles. The van der Waals surface area contributed by atoms with Crippen LogP contribution in [0, 0.1) is 0 Å². The van der Waals surface area contributed by atoms with Crippen molar-refractivity contribution in [1.29, 1.82) is 0 Å². The number of amides is 2. The summed E-state index contributed by atoms with van der Waals surface area (Å²) in [6, 6.07) is 3.51. The van der Waals surface area contributed by atoms with E-state index in [-0.39, 0.29) is 12.1 Å². The number of aryl methyl sites for hydroxylation is 1. The molecule has 2 N–H and O–H groups in total. The number of rotatable bonds is 3. The van der Waals surface area contributed by atoms with Crippen molar-refractivity contribution in [2.75, 3.05) is 5.32 Å². The molecule has 0 aromatic carbocycles. The summed E-state index contributed by atoms with van der Waals surface area (Å²) in [5.41, 5.74) is 2.30. The van der Waals surface area contributed by atoms with Crippen molar-refractivity contribution in [2.24, 2.45) is 7.05 Å². The molecule has 3 aromatic rings. The lowest BCUT2D eigenvalue weighted by Crippen LogP contribution is -2.36. The van der Waals surface area contributed by atoms with Crippen LogP contribution in [-0.2, 0) is 7.05 Å². The Balaban J connectivity index is 1.54. The second kappa shape index (κ2) is 6.42. The number of carbonyl (C=O) groups excluding carboxylic acids is 1. The van der Waals surface area contributed by atoms with Gasteiger partial charge >= 0.3 is 6.03 Å². The van der Waals surface area contributed by atoms with Crippen molar-refractivity contribution in [2.45, 2.75) is 31.7 Å². The Morgan fingerprint density at radius 3 is 2.80 bits per heavy atom. The molecule has 25 heavy (non-hydrogen) atoms. The monoisotopic (exact) mass is 338 g/mol. The molecule has 9 nitrogen and oxygen atoms in total. The number of urea groups is 1. The van der Waals surface area contributed by atoms with Crippen LogP contribution in [0.25, 0.3) is 22.6 Å². The van der Waals surface area contributed by atoms with E-state index < -0.39 is 0 Å². The average molecular weight is 338 g/mol. The molecule has 1 fully saturated rings. The molecule has 1 saturated carbocycles. The first-order chi connectivity index (χ1) is 12.2. The van der Waals surface area contributed by atoms with E-state index >= 15 is 0 Å². The Kier molecular flexibility index (Phi) is 3.96. The Hall–Kier alpha value is -3.10. The molecule has 128 valence electrons. The second-order valence-electron chi connectivity index (χ2n) is 6.15. The highest BCUT2D eigenvalue weighted by Crippen LogP contribution is 2.19. The summed E-state index contributed by atoms with van der Waals surface area (Å²) in [5.74, 6) is 0.439. The van der Waals surface area contributed by atoms with Crippen molar-refractivity contribution in [3.8, 4) is 11.4 Å². The highest BCUT2D eigenvalue weighted by atomic mass is 16.2. The van der Waals surface area contributed by atoms with Gasteiger partial charge < -0.3 is 5.32 Å². The van der Waals surface area contributed by atoms with E-state index in [1.54, 1.807) is 36.3 Å². The Bertz CT molecular complexity index is 915. The summed E-state index contributed by atoms with van der Waals surface area (Å²) in [7, 11) is 1.79. The summed E-state index contributed by atoms with van der Waals surface area (Å²) in [5, 5.41) is 13.6. The molecule has 1 aliphatic rings. The van der Waals surface area contributed by atoms with Crippen LogP contribution in [0.2, 0.25) is 0 Å². The number of nitrogens with zero attached hydrogens (tertiary/aromatic N) is 6. The van der Waals surface area contributed by atoms with Crippen LogP contribution in [0.4, 0.5) is 10.6 Å². The molecule has 1 aliphatic carbocycles. The smallest absolute Gasteiger partial charge is 0.320 e. The normalized spacial score (nSPS) is 14.8. The Labute approximate surface area is 143 Å². The molecule has 0 bridgehead atoms. The van der Waals surface area contributed by atoms with Gasteiger partial charge in [-0.1, -0.05) is 18.1 Å². The number of fused-ring (bicyclic) bond motifs is 1. The zero-order valence-corrected chi connectivity index (χ0v) is 13.8. The molecule has 0 spiro atoms. The van der Waals surface area contributed by atoms with Crippen molar-refractivity contribution in [3.05, 3.63) is 24.5 Å².